The minimum absolute atomic E-state index is 0.195. The van der Waals surface area contributed by atoms with Crippen LogP contribution in [0.4, 0.5) is 0 Å². The molecule has 0 amide bonds. The van der Waals surface area contributed by atoms with Crippen molar-refractivity contribution in [1.29, 1.82) is 0 Å². The molecule has 2 N–H and O–H groups in total. The van der Waals surface area contributed by atoms with Crippen LogP contribution in [0.15, 0.2) is 28.7 Å². The first-order valence-corrected chi connectivity index (χ1v) is 5.56. The Balaban J connectivity index is 2.09. The zero-order chi connectivity index (χ0) is 10.0. The summed E-state index contributed by atoms with van der Waals surface area (Å²) in [5, 5.41) is 0. The molecule has 1 aliphatic rings. The van der Waals surface area contributed by atoms with E-state index in [1.165, 1.54) is 5.56 Å². The first kappa shape index (κ1) is 10.1. The molecule has 2 rings (SSSR count). The van der Waals surface area contributed by atoms with E-state index < -0.39 is 0 Å². The van der Waals surface area contributed by atoms with Gasteiger partial charge in [0.05, 0.1) is 13.2 Å². The molecule has 0 bridgehead atoms. The summed E-state index contributed by atoms with van der Waals surface area (Å²) in [6, 6.07) is 8.38. The van der Waals surface area contributed by atoms with Gasteiger partial charge in [0.2, 0.25) is 0 Å². The van der Waals surface area contributed by atoms with Gasteiger partial charge in [0.1, 0.15) is 0 Å². The second-order valence-electron chi connectivity index (χ2n) is 4.00. The van der Waals surface area contributed by atoms with Crippen molar-refractivity contribution in [2.45, 2.75) is 6.42 Å². The third-order valence-electron chi connectivity index (χ3n) is 2.72. The van der Waals surface area contributed by atoms with Crippen molar-refractivity contribution in [3.05, 3.63) is 34.3 Å². The molecule has 0 aromatic heterocycles. The Morgan fingerprint density at radius 3 is 2.71 bits per heavy atom. The van der Waals surface area contributed by atoms with Gasteiger partial charge in [-0.15, -0.1) is 0 Å². The standard InChI is InChI=1S/C11H14BrNO/c12-10-3-1-2-9(4-10)5-11(6-13)7-14-8-11/h1-4H,5-8,13H2. The molecule has 0 atom stereocenters. The molecule has 0 radical (unpaired) electrons. The van der Waals surface area contributed by atoms with Gasteiger partial charge >= 0.3 is 0 Å². The Morgan fingerprint density at radius 1 is 1.43 bits per heavy atom. The van der Waals surface area contributed by atoms with Crippen LogP contribution in [0.3, 0.4) is 0 Å². The third-order valence-corrected chi connectivity index (χ3v) is 3.21. The molecule has 0 saturated carbocycles. The SMILES string of the molecule is NCC1(Cc2cccc(Br)c2)COC1. The fraction of sp³-hybridized carbons (Fsp3) is 0.455. The van der Waals surface area contributed by atoms with Gasteiger partial charge in [0.15, 0.2) is 0 Å². The van der Waals surface area contributed by atoms with Crippen LogP contribution >= 0.6 is 15.9 Å². The fourth-order valence-corrected chi connectivity index (χ4v) is 2.21. The Labute approximate surface area is 92.6 Å². The summed E-state index contributed by atoms with van der Waals surface area (Å²) in [4.78, 5) is 0. The molecule has 76 valence electrons. The molecule has 1 fully saturated rings. The quantitative estimate of drug-likeness (QED) is 0.897. The van der Waals surface area contributed by atoms with Crippen molar-refractivity contribution in [2.75, 3.05) is 19.8 Å². The summed E-state index contributed by atoms with van der Waals surface area (Å²) in [6.07, 6.45) is 1.02. The molecule has 2 nitrogen and oxygen atoms in total. The van der Waals surface area contributed by atoms with Crippen LogP contribution in [0, 0.1) is 5.41 Å². The smallest absolute Gasteiger partial charge is 0.0560 e. The van der Waals surface area contributed by atoms with Gasteiger partial charge < -0.3 is 10.5 Å². The maximum absolute atomic E-state index is 5.76. The Hall–Kier alpha value is -0.380. The van der Waals surface area contributed by atoms with E-state index in [1.54, 1.807) is 0 Å². The third kappa shape index (κ3) is 2.00. The Kier molecular flexibility index (Phi) is 2.91. The van der Waals surface area contributed by atoms with Crippen LogP contribution in [-0.2, 0) is 11.2 Å². The van der Waals surface area contributed by atoms with E-state index in [0.29, 0.717) is 6.54 Å². The van der Waals surface area contributed by atoms with Gasteiger partial charge in [0, 0.05) is 16.4 Å². The molecule has 0 unspecified atom stereocenters. The number of hydrogen-bond acceptors (Lipinski definition) is 2. The lowest BCUT2D eigenvalue weighted by atomic mass is 9.80. The lowest BCUT2D eigenvalue weighted by Gasteiger charge is -2.40. The maximum atomic E-state index is 5.76. The molecule has 1 aromatic carbocycles. The minimum Gasteiger partial charge on any atom is -0.380 e. The topological polar surface area (TPSA) is 35.2 Å². The lowest BCUT2D eigenvalue weighted by Crippen LogP contribution is -2.49. The van der Waals surface area contributed by atoms with Gasteiger partial charge in [0.25, 0.3) is 0 Å². The van der Waals surface area contributed by atoms with E-state index in [9.17, 15) is 0 Å². The maximum Gasteiger partial charge on any atom is 0.0560 e. The van der Waals surface area contributed by atoms with E-state index in [4.69, 9.17) is 10.5 Å². The van der Waals surface area contributed by atoms with Crippen molar-refractivity contribution < 1.29 is 4.74 Å². The zero-order valence-electron chi connectivity index (χ0n) is 8.00. The highest BCUT2D eigenvalue weighted by Gasteiger charge is 2.37. The first-order valence-electron chi connectivity index (χ1n) is 4.76. The Morgan fingerprint density at radius 2 is 2.21 bits per heavy atom. The first-order chi connectivity index (χ1) is 6.74. The molecule has 0 aliphatic carbocycles. The van der Waals surface area contributed by atoms with E-state index in [1.807, 2.05) is 6.07 Å². The molecule has 0 spiro atoms. The van der Waals surface area contributed by atoms with Gasteiger partial charge in [-0.25, -0.2) is 0 Å². The van der Waals surface area contributed by atoms with Crippen LogP contribution in [-0.4, -0.2) is 19.8 Å². The number of benzene rings is 1. The lowest BCUT2D eigenvalue weighted by molar-refractivity contribution is -0.106. The highest BCUT2D eigenvalue weighted by atomic mass is 79.9. The molecule has 1 aromatic rings. The van der Waals surface area contributed by atoms with Gasteiger partial charge in [-0.2, -0.15) is 0 Å². The van der Waals surface area contributed by atoms with Crippen molar-refractivity contribution >= 4 is 15.9 Å². The molecular formula is C11H14BrNO. The number of ether oxygens (including phenoxy) is 1. The monoisotopic (exact) mass is 255 g/mol. The van der Waals surface area contributed by atoms with Crippen LogP contribution in [0.1, 0.15) is 5.56 Å². The van der Waals surface area contributed by atoms with Crippen molar-refractivity contribution in [3.63, 3.8) is 0 Å². The summed E-state index contributed by atoms with van der Waals surface area (Å²) in [7, 11) is 0. The minimum atomic E-state index is 0.195. The van der Waals surface area contributed by atoms with Crippen LogP contribution < -0.4 is 5.73 Å². The second-order valence-corrected chi connectivity index (χ2v) is 4.92. The number of rotatable bonds is 3. The average molecular weight is 256 g/mol. The zero-order valence-corrected chi connectivity index (χ0v) is 9.59. The van der Waals surface area contributed by atoms with E-state index in [-0.39, 0.29) is 5.41 Å². The summed E-state index contributed by atoms with van der Waals surface area (Å²) in [5.74, 6) is 0. The van der Waals surface area contributed by atoms with Crippen molar-refractivity contribution in [3.8, 4) is 0 Å². The van der Waals surface area contributed by atoms with Gasteiger partial charge in [-0.05, 0) is 24.1 Å². The second kappa shape index (κ2) is 4.01. The van der Waals surface area contributed by atoms with Crippen LogP contribution in [0.2, 0.25) is 0 Å². The summed E-state index contributed by atoms with van der Waals surface area (Å²) >= 11 is 3.47. The normalized spacial score (nSPS) is 19.0. The van der Waals surface area contributed by atoms with E-state index in [0.717, 1.165) is 24.1 Å². The van der Waals surface area contributed by atoms with E-state index in [2.05, 4.69) is 34.1 Å². The summed E-state index contributed by atoms with van der Waals surface area (Å²) in [6.45, 7) is 2.31. The molecular weight excluding hydrogens is 242 g/mol. The van der Waals surface area contributed by atoms with Gasteiger partial charge in [-0.1, -0.05) is 28.1 Å². The molecule has 1 heterocycles. The van der Waals surface area contributed by atoms with E-state index >= 15 is 0 Å². The highest BCUT2D eigenvalue weighted by Crippen LogP contribution is 2.31. The highest BCUT2D eigenvalue weighted by molar-refractivity contribution is 9.10. The predicted molar refractivity (Wildman–Crippen MR) is 60.2 cm³/mol. The van der Waals surface area contributed by atoms with Crippen molar-refractivity contribution in [2.24, 2.45) is 11.1 Å². The molecule has 1 saturated heterocycles. The summed E-state index contributed by atoms with van der Waals surface area (Å²) in [5.41, 5.74) is 7.29. The van der Waals surface area contributed by atoms with Crippen LogP contribution in [0.5, 0.6) is 0 Å². The summed E-state index contributed by atoms with van der Waals surface area (Å²) < 4.78 is 6.37. The van der Waals surface area contributed by atoms with Crippen LogP contribution in [0.25, 0.3) is 0 Å². The Bertz CT molecular complexity index is 317. The largest absolute Gasteiger partial charge is 0.380 e. The molecule has 3 heteroatoms. The fourth-order valence-electron chi connectivity index (χ4n) is 1.76. The van der Waals surface area contributed by atoms with Gasteiger partial charge in [-0.3, -0.25) is 0 Å². The number of hydrogen-bond donors (Lipinski definition) is 1. The average Bonchev–Trinajstić information content (AvgIpc) is 2.11. The number of halogens is 1. The molecule has 1 aliphatic heterocycles. The predicted octanol–water partition coefficient (Wildman–Crippen LogP) is 1.97. The van der Waals surface area contributed by atoms with Crippen molar-refractivity contribution in [1.82, 2.24) is 0 Å². The number of nitrogens with two attached hydrogens (primary N) is 1. The molecule has 14 heavy (non-hydrogen) atoms.